The summed E-state index contributed by atoms with van der Waals surface area (Å²) in [6.07, 6.45) is 0.184. The predicted molar refractivity (Wildman–Crippen MR) is 88.4 cm³/mol. The van der Waals surface area contributed by atoms with Crippen LogP contribution in [-0.2, 0) is 14.8 Å². The van der Waals surface area contributed by atoms with E-state index in [1.807, 2.05) is 0 Å². The Balaban J connectivity index is 1.65. The van der Waals surface area contributed by atoms with Crippen LogP contribution in [-0.4, -0.2) is 27.4 Å². The lowest BCUT2D eigenvalue weighted by atomic mass is 10.1. The SMILES string of the molecule is O=C1C[C@H](CNS(=O)(=O)c2cccc(F)c2)CN1c1ccc(F)cc1. The summed E-state index contributed by atoms with van der Waals surface area (Å²) in [5.74, 6) is -1.40. The van der Waals surface area contributed by atoms with E-state index < -0.39 is 21.7 Å². The molecule has 1 fully saturated rings. The number of amides is 1. The van der Waals surface area contributed by atoms with Crippen molar-refractivity contribution >= 4 is 21.6 Å². The van der Waals surface area contributed by atoms with Crippen molar-refractivity contribution < 1.29 is 22.0 Å². The second-order valence-corrected chi connectivity index (χ2v) is 7.63. The first-order valence-corrected chi connectivity index (χ1v) is 9.14. The lowest BCUT2D eigenvalue weighted by molar-refractivity contribution is -0.117. The Morgan fingerprint density at radius 1 is 1.08 bits per heavy atom. The molecule has 1 aliphatic rings. The standard InChI is InChI=1S/C17H16F2N2O3S/c18-13-4-6-15(7-5-13)21-11-12(8-17(21)22)10-20-25(23,24)16-3-1-2-14(19)9-16/h1-7,9,12,20H,8,10-11H2/t12-/m1/s1. The van der Waals surface area contributed by atoms with Crippen molar-refractivity contribution in [3.05, 3.63) is 60.2 Å². The third kappa shape index (κ3) is 4.02. The van der Waals surface area contributed by atoms with E-state index in [0.29, 0.717) is 12.2 Å². The average Bonchev–Trinajstić information content (AvgIpc) is 2.95. The molecule has 0 unspecified atom stereocenters. The summed E-state index contributed by atoms with van der Waals surface area (Å²) >= 11 is 0. The molecule has 5 nitrogen and oxygen atoms in total. The van der Waals surface area contributed by atoms with Crippen LogP contribution in [0, 0.1) is 17.6 Å². The number of nitrogens with one attached hydrogen (secondary N) is 1. The minimum Gasteiger partial charge on any atom is -0.312 e. The van der Waals surface area contributed by atoms with Crippen LogP contribution in [0.3, 0.4) is 0 Å². The van der Waals surface area contributed by atoms with Crippen molar-refractivity contribution in [2.75, 3.05) is 18.0 Å². The van der Waals surface area contributed by atoms with Crippen molar-refractivity contribution in [3.8, 4) is 0 Å². The molecule has 2 aromatic rings. The van der Waals surface area contributed by atoms with E-state index in [0.717, 1.165) is 12.1 Å². The van der Waals surface area contributed by atoms with Gasteiger partial charge in [-0.15, -0.1) is 0 Å². The minimum atomic E-state index is -3.84. The largest absolute Gasteiger partial charge is 0.312 e. The summed E-state index contributed by atoms with van der Waals surface area (Å²) in [5, 5.41) is 0. The molecule has 0 radical (unpaired) electrons. The molecule has 2 aromatic carbocycles. The zero-order valence-electron chi connectivity index (χ0n) is 13.2. The molecule has 132 valence electrons. The monoisotopic (exact) mass is 366 g/mol. The Labute approximate surface area is 144 Å². The van der Waals surface area contributed by atoms with Crippen LogP contribution in [0.2, 0.25) is 0 Å². The van der Waals surface area contributed by atoms with Crippen LogP contribution < -0.4 is 9.62 Å². The number of sulfonamides is 1. The number of rotatable bonds is 5. The second kappa shape index (κ2) is 6.89. The highest BCUT2D eigenvalue weighted by Gasteiger charge is 2.31. The summed E-state index contributed by atoms with van der Waals surface area (Å²) in [6, 6.07) is 10.3. The van der Waals surface area contributed by atoms with Crippen molar-refractivity contribution in [2.24, 2.45) is 5.92 Å². The van der Waals surface area contributed by atoms with Gasteiger partial charge in [-0.2, -0.15) is 0 Å². The molecule has 1 amide bonds. The van der Waals surface area contributed by atoms with Crippen molar-refractivity contribution in [2.45, 2.75) is 11.3 Å². The number of halogens is 2. The zero-order valence-corrected chi connectivity index (χ0v) is 14.0. The fourth-order valence-corrected chi connectivity index (χ4v) is 3.88. The van der Waals surface area contributed by atoms with E-state index in [1.165, 1.54) is 41.3 Å². The van der Waals surface area contributed by atoms with Gasteiger partial charge in [-0.25, -0.2) is 21.9 Å². The third-order valence-corrected chi connectivity index (χ3v) is 5.43. The van der Waals surface area contributed by atoms with Gasteiger partial charge in [0.05, 0.1) is 4.90 Å². The van der Waals surface area contributed by atoms with Crippen molar-refractivity contribution in [1.29, 1.82) is 0 Å². The Bertz CT molecular complexity index is 885. The molecular weight excluding hydrogens is 350 g/mol. The molecule has 1 saturated heterocycles. The molecule has 1 heterocycles. The summed E-state index contributed by atoms with van der Waals surface area (Å²) in [6.45, 7) is 0.387. The zero-order chi connectivity index (χ0) is 18.0. The van der Waals surface area contributed by atoms with Gasteiger partial charge in [-0.05, 0) is 48.4 Å². The summed E-state index contributed by atoms with van der Waals surface area (Å²) < 4.78 is 53.0. The third-order valence-electron chi connectivity index (χ3n) is 4.01. The highest BCUT2D eigenvalue weighted by atomic mass is 32.2. The quantitative estimate of drug-likeness (QED) is 0.883. The fraction of sp³-hybridized carbons (Fsp3) is 0.235. The number of carbonyl (C=O) groups is 1. The second-order valence-electron chi connectivity index (χ2n) is 5.86. The van der Waals surface area contributed by atoms with Crippen molar-refractivity contribution in [1.82, 2.24) is 4.72 Å². The van der Waals surface area contributed by atoms with E-state index in [4.69, 9.17) is 0 Å². The molecule has 0 spiro atoms. The molecule has 1 aliphatic heterocycles. The maximum absolute atomic E-state index is 13.2. The number of benzene rings is 2. The first-order chi connectivity index (χ1) is 11.8. The van der Waals surface area contributed by atoms with Crippen LogP contribution in [0.5, 0.6) is 0 Å². The lowest BCUT2D eigenvalue weighted by Crippen LogP contribution is -2.31. The number of nitrogens with zero attached hydrogens (tertiary/aromatic N) is 1. The molecule has 0 aliphatic carbocycles. The number of carbonyl (C=O) groups excluding carboxylic acids is 1. The van der Waals surface area contributed by atoms with Crippen LogP contribution >= 0.6 is 0 Å². The molecule has 0 aromatic heterocycles. The van der Waals surface area contributed by atoms with Crippen LogP contribution in [0.25, 0.3) is 0 Å². The Morgan fingerprint density at radius 3 is 2.48 bits per heavy atom. The maximum Gasteiger partial charge on any atom is 0.240 e. The topological polar surface area (TPSA) is 66.5 Å². The molecule has 25 heavy (non-hydrogen) atoms. The van der Waals surface area contributed by atoms with Gasteiger partial charge in [0.15, 0.2) is 0 Å². The van der Waals surface area contributed by atoms with Gasteiger partial charge in [-0.3, -0.25) is 4.79 Å². The van der Waals surface area contributed by atoms with Gasteiger partial charge in [0.1, 0.15) is 11.6 Å². The first-order valence-electron chi connectivity index (χ1n) is 7.66. The summed E-state index contributed by atoms with van der Waals surface area (Å²) in [5.41, 5.74) is 0.571. The van der Waals surface area contributed by atoms with E-state index in [9.17, 15) is 22.0 Å². The lowest BCUT2D eigenvalue weighted by Gasteiger charge is -2.17. The molecule has 3 rings (SSSR count). The fourth-order valence-electron chi connectivity index (χ4n) is 2.73. The van der Waals surface area contributed by atoms with Crippen molar-refractivity contribution in [3.63, 3.8) is 0 Å². The Hall–Kier alpha value is -2.32. The Morgan fingerprint density at radius 2 is 1.80 bits per heavy atom. The average molecular weight is 366 g/mol. The number of anilines is 1. The van der Waals surface area contributed by atoms with Gasteiger partial charge < -0.3 is 4.90 Å². The van der Waals surface area contributed by atoms with Gasteiger partial charge in [0.2, 0.25) is 15.9 Å². The molecule has 1 atom stereocenters. The summed E-state index contributed by atoms with van der Waals surface area (Å²) in [4.78, 5) is 13.5. The van der Waals surface area contributed by atoms with Gasteiger partial charge >= 0.3 is 0 Å². The van der Waals surface area contributed by atoms with E-state index in [-0.39, 0.29) is 29.7 Å². The van der Waals surface area contributed by atoms with E-state index >= 15 is 0 Å². The van der Waals surface area contributed by atoms with Gasteiger partial charge in [0, 0.05) is 25.2 Å². The molecule has 0 saturated carbocycles. The predicted octanol–water partition coefficient (Wildman–Crippen LogP) is 2.30. The van der Waals surface area contributed by atoms with Crippen LogP contribution in [0.1, 0.15) is 6.42 Å². The van der Waals surface area contributed by atoms with Crippen LogP contribution in [0.15, 0.2) is 53.4 Å². The summed E-state index contributed by atoms with van der Waals surface area (Å²) in [7, 11) is -3.84. The maximum atomic E-state index is 13.2. The highest BCUT2D eigenvalue weighted by Crippen LogP contribution is 2.25. The smallest absolute Gasteiger partial charge is 0.240 e. The van der Waals surface area contributed by atoms with E-state index in [1.54, 1.807) is 0 Å². The highest BCUT2D eigenvalue weighted by molar-refractivity contribution is 7.89. The molecule has 8 heteroatoms. The van der Waals surface area contributed by atoms with Gasteiger partial charge in [-0.1, -0.05) is 6.07 Å². The normalized spacial score (nSPS) is 17.9. The Kier molecular flexibility index (Phi) is 4.82. The molecule has 1 N–H and O–H groups in total. The first kappa shape index (κ1) is 17.5. The number of hydrogen-bond acceptors (Lipinski definition) is 3. The minimum absolute atomic E-state index is 0.0578. The number of hydrogen-bond donors (Lipinski definition) is 1. The molecular formula is C17H16F2N2O3S. The van der Waals surface area contributed by atoms with Crippen LogP contribution in [0.4, 0.5) is 14.5 Å². The van der Waals surface area contributed by atoms with Gasteiger partial charge in [0.25, 0.3) is 0 Å². The molecule has 0 bridgehead atoms. The van der Waals surface area contributed by atoms with E-state index in [2.05, 4.69) is 4.72 Å².